The Kier molecular flexibility index (Phi) is 4.88. The number of aryl methyl sites for hydroxylation is 1. The number of benzene rings is 1. The number of anilines is 1. The van der Waals surface area contributed by atoms with Crippen LogP contribution in [0.25, 0.3) is 5.95 Å². The lowest BCUT2D eigenvalue weighted by molar-refractivity contribution is -0.113. The van der Waals surface area contributed by atoms with Crippen LogP contribution in [0.2, 0.25) is 0 Å². The molecule has 1 unspecified atom stereocenters. The van der Waals surface area contributed by atoms with Gasteiger partial charge in [-0.15, -0.1) is 11.8 Å². The smallest absolute Gasteiger partial charge is 0.252 e. The van der Waals surface area contributed by atoms with E-state index < -0.39 is 0 Å². The molecule has 1 aliphatic heterocycles. The minimum Gasteiger partial charge on any atom is -0.496 e. The molecule has 4 rings (SSSR count). The molecule has 0 bridgehead atoms. The molecule has 7 nitrogen and oxygen atoms in total. The minimum atomic E-state index is -0.121. The van der Waals surface area contributed by atoms with Crippen LogP contribution >= 0.6 is 27.7 Å². The van der Waals surface area contributed by atoms with Crippen molar-refractivity contribution in [1.82, 2.24) is 19.7 Å². The van der Waals surface area contributed by atoms with Crippen molar-refractivity contribution < 1.29 is 9.53 Å². The first-order valence-corrected chi connectivity index (χ1v) is 10.0. The van der Waals surface area contributed by atoms with E-state index in [0.29, 0.717) is 17.5 Å². The summed E-state index contributed by atoms with van der Waals surface area (Å²) in [4.78, 5) is 20.9. The summed E-state index contributed by atoms with van der Waals surface area (Å²) in [5.74, 6) is 2.01. The first-order valence-electron chi connectivity index (χ1n) is 8.20. The van der Waals surface area contributed by atoms with Crippen LogP contribution in [0.15, 0.2) is 41.1 Å². The Morgan fingerprint density at radius 3 is 2.85 bits per heavy atom. The molecule has 1 N–H and O–H groups in total. The zero-order chi connectivity index (χ0) is 19.0. The molecule has 0 saturated heterocycles. The summed E-state index contributed by atoms with van der Waals surface area (Å²) in [6.45, 7) is 1.92. The van der Waals surface area contributed by atoms with Crippen molar-refractivity contribution >= 4 is 39.4 Å². The van der Waals surface area contributed by atoms with Crippen molar-refractivity contribution in [3.8, 4) is 11.7 Å². The van der Waals surface area contributed by atoms with E-state index in [1.165, 1.54) is 0 Å². The van der Waals surface area contributed by atoms with Gasteiger partial charge in [-0.2, -0.15) is 9.78 Å². The van der Waals surface area contributed by atoms with Crippen LogP contribution in [-0.2, 0) is 4.79 Å². The van der Waals surface area contributed by atoms with E-state index in [1.54, 1.807) is 42.0 Å². The van der Waals surface area contributed by atoms with E-state index in [2.05, 4.69) is 36.3 Å². The van der Waals surface area contributed by atoms with Gasteiger partial charge in [-0.05, 0) is 31.2 Å². The van der Waals surface area contributed by atoms with Gasteiger partial charge in [0.05, 0.1) is 23.8 Å². The summed E-state index contributed by atoms with van der Waals surface area (Å²) in [5, 5.41) is 7.45. The maximum Gasteiger partial charge on any atom is 0.252 e. The zero-order valence-electron chi connectivity index (χ0n) is 14.6. The highest BCUT2D eigenvalue weighted by Gasteiger charge is 2.32. The predicted molar refractivity (Wildman–Crippen MR) is 108 cm³/mol. The number of nitrogens with zero attached hydrogens (tertiary/aromatic N) is 4. The SMILES string of the molecule is COc1ccc(Br)cc1C1SCC(=O)Nc2c1c(C)nn2-c1ncccn1. The molecular formula is C18H16BrN5O2S. The summed E-state index contributed by atoms with van der Waals surface area (Å²) < 4.78 is 8.11. The molecule has 0 radical (unpaired) electrons. The van der Waals surface area contributed by atoms with Crippen LogP contribution in [-0.4, -0.2) is 38.5 Å². The van der Waals surface area contributed by atoms with Gasteiger partial charge < -0.3 is 10.1 Å². The number of carbonyl (C=O) groups is 1. The largest absolute Gasteiger partial charge is 0.496 e. The molecule has 3 aromatic rings. The third-order valence-electron chi connectivity index (χ3n) is 4.22. The highest BCUT2D eigenvalue weighted by molar-refractivity contribution is 9.10. The fraction of sp³-hybridized carbons (Fsp3) is 0.222. The van der Waals surface area contributed by atoms with Crippen molar-refractivity contribution in [3.63, 3.8) is 0 Å². The molecule has 0 fully saturated rings. The lowest BCUT2D eigenvalue weighted by atomic mass is 10.0. The van der Waals surface area contributed by atoms with Crippen LogP contribution in [0.4, 0.5) is 5.82 Å². The molecule has 0 aliphatic carbocycles. The minimum absolute atomic E-state index is 0.0882. The number of nitrogens with one attached hydrogen (secondary N) is 1. The highest BCUT2D eigenvalue weighted by Crippen LogP contribution is 2.46. The fourth-order valence-electron chi connectivity index (χ4n) is 3.08. The van der Waals surface area contributed by atoms with E-state index >= 15 is 0 Å². The Labute approximate surface area is 168 Å². The second-order valence-corrected chi connectivity index (χ2v) is 7.94. The van der Waals surface area contributed by atoms with Gasteiger partial charge in [0.15, 0.2) is 0 Å². The van der Waals surface area contributed by atoms with Crippen LogP contribution in [0.3, 0.4) is 0 Å². The third-order valence-corrected chi connectivity index (χ3v) is 5.97. The number of thioether (sulfide) groups is 1. The Hall–Kier alpha value is -2.39. The van der Waals surface area contributed by atoms with Gasteiger partial charge >= 0.3 is 0 Å². The number of hydrogen-bond donors (Lipinski definition) is 1. The van der Waals surface area contributed by atoms with Gasteiger partial charge in [0.25, 0.3) is 5.95 Å². The standard InChI is InChI=1S/C18H16BrN5O2S/c1-10-15-16(12-8-11(19)4-5-13(12)26-2)27-9-14(25)22-17(15)24(23-10)18-20-6-3-7-21-18/h3-8,16H,9H2,1-2H3,(H,22,25). The Balaban J connectivity index is 1.93. The number of carbonyl (C=O) groups excluding carboxylic acids is 1. The van der Waals surface area contributed by atoms with E-state index in [4.69, 9.17) is 4.74 Å². The summed E-state index contributed by atoms with van der Waals surface area (Å²) in [6.07, 6.45) is 3.29. The number of halogens is 1. The summed E-state index contributed by atoms with van der Waals surface area (Å²) in [5.41, 5.74) is 2.71. The van der Waals surface area contributed by atoms with E-state index in [9.17, 15) is 4.79 Å². The molecule has 1 aromatic carbocycles. The molecule has 1 amide bonds. The van der Waals surface area contributed by atoms with Gasteiger partial charge in [-0.25, -0.2) is 9.97 Å². The number of amides is 1. The Morgan fingerprint density at radius 2 is 2.11 bits per heavy atom. The third kappa shape index (κ3) is 3.32. The summed E-state index contributed by atoms with van der Waals surface area (Å²) in [6, 6.07) is 7.61. The average molecular weight is 446 g/mol. The predicted octanol–water partition coefficient (Wildman–Crippen LogP) is 3.52. The van der Waals surface area contributed by atoms with Crippen LogP contribution < -0.4 is 10.1 Å². The average Bonchev–Trinajstić information content (AvgIpc) is 2.88. The van der Waals surface area contributed by atoms with Crippen molar-refractivity contribution in [3.05, 3.63) is 58.0 Å². The number of hydrogen-bond acceptors (Lipinski definition) is 6. The van der Waals surface area contributed by atoms with E-state index in [1.807, 2.05) is 25.1 Å². The second kappa shape index (κ2) is 7.32. The van der Waals surface area contributed by atoms with Crippen molar-refractivity contribution in [2.45, 2.75) is 12.2 Å². The lowest BCUT2D eigenvalue weighted by Gasteiger charge is -2.18. The molecule has 0 spiro atoms. The maximum absolute atomic E-state index is 12.4. The molecular weight excluding hydrogens is 430 g/mol. The monoisotopic (exact) mass is 445 g/mol. The zero-order valence-corrected chi connectivity index (χ0v) is 17.0. The van der Waals surface area contributed by atoms with Gasteiger partial charge in [0, 0.05) is 28.0 Å². The first-order chi connectivity index (χ1) is 13.1. The molecule has 0 saturated carbocycles. The Morgan fingerprint density at radius 1 is 1.33 bits per heavy atom. The van der Waals surface area contributed by atoms with Gasteiger partial charge in [-0.1, -0.05) is 15.9 Å². The van der Waals surface area contributed by atoms with Crippen LogP contribution in [0.5, 0.6) is 5.75 Å². The number of methoxy groups -OCH3 is 1. The quantitative estimate of drug-likeness (QED) is 0.663. The second-order valence-electron chi connectivity index (χ2n) is 5.93. The summed E-state index contributed by atoms with van der Waals surface area (Å²) in [7, 11) is 1.65. The molecule has 27 heavy (non-hydrogen) atoms. The fourth-order valence-corrected chi connectivity index (χ4v) is 4.67. The van der Waals surface area contributed by atoms with E-state index in [-0.39, 0.29) is 11.2 Å². The number of rotatable bonds is 3. The normalized spacial score (nSPS) is 16.4. The molecule has 138 valence electrons. The lowest BCUT2D eigenvalue weighted by Crippen LogP contribution is -2.16. The van der Waals surface area contributed by atoms with E-state index in [0.717, 1.165) is 27.0 Å². The van der Waals surface area contributed by atoms with Crippen molar-refractivity contribution in [2.75, 3.05) is 18.2 Å². The van der Waals surface area contributed by atoms with Gasteiger partial charge in [-0.3, -0.25) is 4.79 Å². The molecule has 3 heterocycles. The van der Waals surface area contributed by atoms with Crippen molar-refractivity contribution in [1.29, 1.82) is 0 Å². The topological polar surface area (TPSA) is 81.9 Å². The molecule has 9 heteroatoms. The number of ether oxygens (including phenoxy) is 1. The van der Waals surface area contributed by atoms with Crippen LogP contribution in [0.1, 0.15) is 22.1 Å². The molecule has 1 atom stereocenters. The van der Waals surface area contributed by atoms with Gasteiger partial charge in [0.2, 0.25) is 5.91 Å². The molecule has 1 aliphatic rings. The highest BCUT2D eigenvalue weighted by atomic mass is 79.9. The summed E-state index contributed by atoms with van der Waals surface area (Å²) >= 11 is 5.08. The maximum atomic E-state index is 12.4. The van der Waals surface area contributed by atoms with Crippen LogP contribution in [0, 0.1) is 6.92 Å². The Bertz CT molecular complexity index is 1010. The van der Waals surface area contributed by atoms with Crippen molar-refractivity contribution in [2.24, 2.45) is 0 Å². The molecule has 2 aromatic heterocycles. The van der Waals surface area contributed by atoms with Gasteiger partial charge in [0.1, 0.15) is 11.6 Å². The number of fused-ring (bicyclic) bond motifs is 1. The number of aromatic nitrogens is 4. The first kappa shape index (κ1) is 18.0.